The summed E-state index contributed by atoms with van der Waals surface area (Å²) in [5.74, 6) is 0.671. The van der Waals surface area contributed by atoms with E-state index < -0.39 is 10.0 Å². The highest BCUT2D eigenvalue weighted by Crippen LogP contribution is 2.19. The summed E-state index contributed by atoms with van der Waals surface area (Å²) in [5.41, 5.74) is 5.29. The van der Waals surface area contributed by atoms with E-state index in [4.69, 9.17) is 5.73 Å². The molecule has 0 saturated carbocycles. The number of carbonyl (C=O) groups excluding carboxylic acids is 1. The van der Waals surface area contributed by atoms with Gasteiger partial charge in [0.15, 0.2) is 5.96 Å². The molecule has 1 aromatic heterocycles. The number of carbonyl (C=O) groups is 1. The van der Waals surface area contributed by atoms with Crippen LogP contribution in [0.1, 0.15) is 19.3 Å². The van der Waals surface area contributed by atoms with E-state index in [1.54, 1.807) is 24.6 Å². The van der Waals surface area contributed by atoms with Crippen molar-refractivity contribution in [3.8, 4) is 0 Å². The zero-order valence-corrected chi connectivity index (χ0v) is 18.6. The molecule has 0 radical (unpaired) electrons. The van der Waals surface area contributed by atoms with Crippen LogP contribution in [0.2, 0.25) is 0 Å². The summed E-state index contributed by atoms with van der Waals surface area (Å²) >= 11 is 1.19. The summed E-state index contributed by atoms with van der Waals surface area (Å²) in [6.07, 6.45) is 2.34. The predicted octanol–water partition coefficient (Wildman–Crippen LogP) is 0.807. The van der Waals surface area contributed by atoms with Crippen LogP contribution >= 0.6 is 35.3 Å². The fraction of sp³-hybridized carbons (Fsp3) is 0.600. The fourth-order valence-corrected chi connectivity index (χ4v) is 4.96. The Balaban J connectivity index is 0.00000338. The second kappa shape index (κ2) is 11.0. The van der Waals surface area contributed by atoms with Crippen LogP contribution in [0.15, 0.2) is 26.7 Å². The molecule has 0 spiro atoms. The van der Waals surface area contributed by atoms with Gasteiger partial charge < -0.3 is 16.0 Å². The number of aliphatic imine (C=N–C) groups is 1. The number of hydrogen-bond acceptors (Lipinski definition) is 5. The molecule has 4 N–H and O–H groups in total. The number of amides is 1. The maximum atomic E-state index is 12.0. The van der Waals surface area contributed by atoms with Gasteiger partial charge in [-0.3, -0.25) is 9.79 Å². The monoisotopic (exact) mass is 515 g/mol. The molecule has 8 nitrogen and oxygen atoms in total. The van der Waals surface area contributed by atoms with Crippen LogP contribution in [-0.2, 0) is 14.8 Å². The molecule has 1 aromatic rings. The minimum atomic E-state index is -3.45. The molecule has 1 fully saturated rings. The normalized spacial score (nSPS) is 18.3. The number of piperidine rings is 1. The number of nitrogens with zero attached hydrogens (tertiary/aromatic N) is 2. The van der Waals surface area contributed by atoms with Crippen LogP contribution in [-0.4, -0.2) is 58.4 Å². The van der Waals surface area contributed by atoms with Crippen molar-refractivity contribution in [1.82, 2.24) is 14.9 Å². The number of nitrogens with two attached hydrogens (primary N) is 1. The van der Waals surface area contributed by atoms with Gasteiger partial charge in [-0.25, -0.2) is 13.1 Å². The third-order valence-electron chi connectivity index (χ3n) is 3.98. The molecule has 148 valence electrons. The summed E-state index contributed by atoms with van der Waals surface area (Å²) in [6.45, 7) is 2.27. The molecule has 2 rings (SSSR count). The Labute approximate surface area is 175 Å². The number of guanidine groups is 1. The molecule has 11 heteroatoms. The molecule has 1 aliphatic heterocycles. The highest BCUT2D eigenvalue weighted by Gasteiger charge is 2.23. The van der Waals surface area contributed by atoms with Crippen molar-refractivity contribution in [2.24, 2.45) is 16.6 Å². The highest BCUT2D eigenvalue weighted by molar-refractivity contribution is 14.0. The molecule has 1 unspecified atom stereocenters. The summed E-state index contributed by atoms with van der Waals surface area (Å²) < 4.78 is 27.0. The van der Waals surface area contributed by atoms with Gasteiger partial charge in [-0.15, -0.1) is 35.3 Å². The lowest BCUT2D eigenvalue weighted by molar-refractivity contribution is -0.119. The first-order chi connectivity index (χ1) is 11.9. The van der Waals surface area contributed by atoms with Gasteiger partial charge in [-0.2, -0.15) is 0 Å². The van der Waals surface area contributed by atoms with Crippen molar-refractivity contribution in [2.75, 3.05) is 33.2 Å². The lowest BCUT2D eigenvalue weighted by atomic mass is 9.95. The van der Waals surface area contributed by atoms with E-state index in [1.807, 2.05) is 0 Å². The van der Waals surface area contributed by atoms with Gasteiger partial charge in [0.25, 0.3) is 0 Å². The average molecular weight is 515 g/mol. The quantitative estimate of drug-likeness (QED) is 0.215. The second-order valence-corrected chi connectivity index (χ2v) is 8.87. The summed E-state index contributed by atoms with van der Waals surface area (Å²) in [4.78, 5) is 17.4. The molecule has 0 aromatic carbocycles. The third-order valence-corrected chi connectivity index (χ3v) is 6.84. The van der Waals surface area contributed by atoms with Gasteiger partial charge >= 0.3 is 0 Å². The van der Waals surface area contributed by atoms with Crippen molar-refractivity contribution in [1.29, 1.82) is 0 Å². The molecule has 1 atom stereocenters. The average Bonchev–Trinajstić information content (AvgIpc) is 3.10. The van der Waals surface area contributed by atoms with E-state index in [2.05, 4.69) is 19.9 Å². The maximum absolute atomic E-state index is 12.0. The Hall–Kier alpha value is -0.920. The summed E-state index contributed by atoms with van der Waals surface area (Å²) in [5, 5.41) is 4.90. The minimum absolute atomic E-state index is 0. The SMILES string of the molecule is CN=C(NCCNS(=O)(=O)c1cccs1)N1CCCC(CC(N)=O)C1.I. The van der Waals surface area contributed by atoms with Gasteiger partial charge in [0, 0.05) is 39.6 Å². The fourth-order valence-electron chi connectivity index (χ4n) is 2.89. The number of hydrogen-bond donors (Lipinski definition) is 3. The highest BCUT2D eigenvalue weighted by atomic mass is 127. The predicted molar refractivity (Wildman–Crippen MR) is 114 cm³/mol. The maximum Gasteiger partial charge on any atom is 0.250 e. The molecule has 2 heterocycles. The van der Waals surface area contributed by atoms with Crippen LogP contribution in [0.3, 0.4) is 0 Å². The Kier molecular flexibility index (Phi) is 9.82. The third kappa shape index (κ3) is 7.00. The largest absolute Gasteiger partial charge is 0.370 e. The van der Waals surface area contributed by atoms with Crippen LogP contribution in [0, 0.1) is 5.92 Å². The van der Waals surface area contributed by atoms with Crippen molar-refractivity contribution in [3.63, 3.8) is 0 Å². The van der Waals surface area contributed by atoms with Crippen LogP contribution < -0.4 is 15.8 Å². The number of sulfonamides is 1. The lowest BCUT2D eigenvalue weighted by Crippen LogP contribution is -2.48. The van der Waals surface area contributed by atoms with Gasteiger partial charge in [-0.05, 0) is 30.2 Å². The number of halogens is 1. The van der Waals surface area contributed by atoms with Gasteiger partial charge in [0.2, 0.25) is 15.9 Å². The Morgan fingerprint density at radius 2 is 2.23 bits per heavy atom. The van der Waals surface area contributed by atoms with Gasteiger partial charge in [0.05, 0.1) is 0 Å². The lowest BCUT2D eigenvalue weighted by Gasteiger charge is -2.34. The van der Waals surface area contributed by atoms with E-state index in [0.29, 0.717) is 23.1 Å². The van der Waals surface area contributed by atoms with Crippen molar-refractivity contribution < 1.29 is 13.2 Å². The number of primary amides is 1. The van der Waals surface area contributed by atoms with Crippen molar-refractivity contribution >= 4 is 57.2 Å². The number of nitrogens with one attached hydrogen (secondary N) is 2. The van der Waals surface area contributed by atoms with Crippen molar-refractivity contribution in [2.45, 2.75) is 23.5 Å². The smallest absolute Gasteiger partial charge is 0.250 e. The molecule has 26 heavy (non-hydrogen) atoms. The van der Waals surface area contributed by atoms with Gasteiger partial charge in [-0.1, -0.05) is 6.07 Å². The van der Waals surface area contributed by atoms with Gasteiger partial charge in [0.1, 0.15) is 4.21 Å². The van der Waals surface area contributed by atoms with Crippen LogP contribution in [0.4, 0.5) is 0 Å². The Bertz CT molecular complexity index is 694. The first-order valence-corrected chi connectivity index (χ1v) is 10.6. The summed E-state index contributed by atoms with van der Waals surface area (Å²) in [6, 6.07) is 3.28. The zero-order chi connectivity index (χ0) is 18.3. The Morgan fingerprint density at radius 3 is 2.85 bits per heavy atom. The standard InChI is InChI=1S/C15H25N5O3S2.HI/c1-17-15(20-8-2-4-12(11-20)10-13(16)21)18-6-7-19-25(22,23)14-5-3-9-24-14;/h3,5,9,12,19H,2,4,6-8,10-11H2,1H3,(H2,16,21)(H,17,18);1H. The number of thiophene rings is 1. The molecule has 0 bridgehead atoms. The molecular formula is C15H26IN5O3S2. The number of likely N-dealkylation sites (tertiary alicyclic amines) is 1. The summed E-state index contributed by atoms with van der Waals surface area (Å²) in [7, 11) is -1.75. The Morgan fingerprint density at radius 1 is 1.46 bits per heavy atom. The molecule has 1 amide bonds. The molecule has 0 aliphatic carbocycles. The van der Waals surface area contributed by atoms with E-state index in [9.17, 15) is 13.2 Å². The van der Waals surface area contributed by atoms with E-state index in [-0.39, 0.29) is 42.3 Å². The van der Waals surface area contributed by atoms with Crippen molar-refractivity contribution in [3.05, 3.63) is 17.5 Å². The number of rotatable bonds is 7. The molecule has 1 saturated heterocycles. The zero-order valence-electron chi connectivity index (χ0n) is 14.7. The van der Waals surface area contributed by atoms with Crippen LogP contribution in [0.5, 0.6) is 0 Å². The van der Waals surface area contributed by atoms with E-state index >= 15 is 0 Å². The molecule has 1 aliphatic rings. The minimum Gasteiger partial charge on any atom is -0.370 e. The topological polar surface area (TPSA) is 117 Å². The first-order valence-electron chi connectivity index (χ1n) is 8.19. The van der Waals surface area contributed by atoms with Crippen LogP contribution in [0.25, 0.3) is 0 Å². The molecular weight excluding hydrogens is 489 g/mol. The second-order valence-electron chi connectivity index (χ2n) is 5.93. The van der Waals surface area contributed by atoms with E-state index in [1.165, 1.54) is 11.3 Å². The van der Waals surface area contributed by atoms with E-state index in [0.717, 1.165) is 25.9 Å². The first kappa shape index (κ1) is 23.1.